The van der Waals surface area contributed by atoms with E-state index in [1.807, 2.05) is 0 Å². The summed E-state index contributed by atoms with van der Waals surface area (Å²) in [4.78, 5) is 24.3. The third-order valence-corrected chi connectivity index (χ3v) is 4.69. The molecule has 0 bridgehead atoms. The number of carbonyl (C=O) groups is 2. The van der Waals surface area contributed by atoms with Gasteiger partial charge in [-0.25, -0.2) is 9.59 Å². The summed E-state index contributed by atoms with van der Waals surface area (Å²) in [6.07, 6.45) is -0.948. The summed E-state index contributed by atoms with van der Waals surface area (Å²) in [5.41, 5.74) is -2.06. The van der Waals surface area contributed by atoms with Gasteiger partial charge in [-0.3, -0.25) is 4.74 Å². The van der Waals surface area contributed by atoms with Crippen molar-refractivity contribution in [1.29, 1.82) is 0 Å². The summed E-state index contributed by atoms with van der Waals surface area (Å²) < 4.78 is 22.4. The van der Waals surface area contributed by atoms with Gasteiger partial charge in [0.1, 0.15) is 0 Å². The third-order valence-electron chi connectivity index (χ3n) is 4.69. The normalized spacial score (nSPS) is 28.3. The molecule has 3 unspecified atom stereocenters. The van der Waals surface area contributed by atoms with Crippen LogP contribution in [0.5, 0.6) is 0 Å². The SMILES string of the molecule is C=C(C)C(=O)OC1OC(OC(=O)C(=C)C)(C(C)(C)CO)OCC1(CC)CO. The van der Waals surface area contributed by atoms with E-state index in [1.165, 1.54) is 13.8 Å². The fourth-order valence-electron chi connectivity index (χ4n) is 2.31. The number of hydrogen-bond acceptors (Lipinski definition) is 8. The zero-order valence-electron chi connectivity index (χ0n) is 16.7. The van der Waals surface area contributed by atoms with Crippen LogP contribution in [0.4, 0.5) is 0 Å². The molecule has 0 spiro atoms. The van der Waals surface area contributed by atoms with Crippen LogP contribution >= 0.6 is 0 Å². The molecule has 1 saturated heterocycles. The minimum Gasteiger partial charge on any atom is -0.431 e. The largest absolute Gasteiger partial charge is 0.431 e. The van der Waals surface area contributed by atoms with Gasteiger partial charge in [0.25, 0.3) is 0 Å². The van der Waals surface area contributed by atoms with Gasteiger partial charge in [0, 0.05) is 11.1 Å². The second kappa shape index (κ2) is 8.52. The van der Waals surface area contributed by atoms with E-state index in [0.717, 1.165) is 0 Å². The standard InChI is InChI=1S/C19H30O8/c1-8-18(10-21)11-24-19(17(6,7)9-20,26-15(23)13(4)5)27-16(18)25-14(22)12(2)3/h16,20-21H,2,4,8-11H2,1,3,5-7H3. The molecular formula is C19H30O8. The van der Waals surface area contributed by atoms with E-state index in [4.69, 9.17) is 18.9 Å². The molecule has 0 aromatic carbocycles. The van der Waals surface area contributed by atoms with Gasteiger partial charge < -0.3 is 24.4 Å². The Labute approximate surface area is 159 Å². The maximum absolute atomic E-state index is 12.2. The maximum Gasteiger partial charge on any atom is 0.340 e. The highest BCUT2D eigenvalue weighted by Crippen LogP contribution is 2.47. The summed E-state index contributed by atoms with van der Waals surface area (Å²) in [6, 6.07) is 0. The molecule has 27 heavy (non-hydrogen) atoms. The zero-order valence-corrected chi connectivity index (χ0v) is 16.7. The van der Waals surface area contributed by atoms with Crippen molar-refractivity contribution in [3.8, 4) is 0 Å². The van der Waals surface area contributed by atoms with Crippen LogP contribution in [0.25, 0.3) is 0 Å². The molecule has 0 amide bonds. The monoisotopic (exact) mass is 386 g/mol. The summed E-state index contributed by atoms with van der Waals surface area (Å²) in [5, 5.41) is 19.7. The summed E-state index contributed by atoms with van der Waals surface area (Å²) in [6.45, 7) is 13.9. The Balaban J connectivity index is 3.38. The minimum atomic E-state index is -2.05. The van der Waals surface area contributed by atoms with Gasteiger partial charge >= 0.3 is 17.9 Å². The van der Waals surface area contributed by atoms with Gasteiger partial charge in [-0.15, -0.1) is 0 Å². The first kappa shape index (κ1) is 23.3. The Morgan fingerprint density at radius 1 is 1.19 bits per heavy atom. The van der Waals surface area contributed by atoms with Crippen LogP contribution in [0.2, 0.25) is 0 Å². The van der Waals surface area contributed by atoms with Crippen molar-refractivity contribution >= 4 is 11.9 Å². The van der Waals surface area contributed by atoms with Crippen LogP contribution in [0.15, 0.2) is 24.3 Å². The summed E-state index contributed by atoms with van der Waals surface area (Å²) >= 11 is 0. The second-order valence-electron chi connectivity index (χ2n) is 7.57. The summed E-state index contributed by atoms with van der Waals surface area (Å²) in [5.74, 6) is -3.57. The lowest BCUT2D eigenvalue weighted by Crippen LogP contribution is -2.65. The van der Waals surface area contributed by atoms with Gasteiger partial charge in [-0.2, -0.15) is 0 Å². The molecule has 1 fully saturated rings. The number of rotatable bonds is 8. The number of aliphatic hydroxyl groups is 2. The molecular weight excluding hydrogens is 356 g/mol. The van der Waals surface area contributed by atoms with Crippen LogP contribution in [0.1, 0.15) is 41.0 Å². The van der Waals surface area contributed by atoms with Crippen molar-refractivity contribution < 1.29 is 38.7 Å². The van der Waals surface area contributed by atoms with Gasteiger partial charge in [-0.1, -0.05) is 20.1 Å². The van der Waals surface area contributed by atoms with Crippen LogP contribution < -0.4 is 0 Å². The van der Waals surface area contributed by atoms with E-state index < -0.39 is 48.2 Å². The molecule has 0 saturated carbocycles. The number of ether oxygens (including phenoxy) is 4. The first-order chi connectivity index (χ1) is 12.4. The molecule has 154 valence electrons. The highest BCUT2D eigenvalue weighted by Gasteiger charge is 2.61. The average molecular weight is 386 g/mol. The lowest BCUT2D eigenvalue weighted by Gasteiger charge is -2.52. The van der Waals surface area contributed by atoms with E-state index in [2.05, 4.69) is 13.2 Å². The lowest BCUT2D eigenvalue weighted by atomic mass is 9.83. The van der Waals surface area contributed by atoms with Crippen LogP contribution in [-0.2, 0) is 28.5 Å². The van der Waals surface area contributed by atoms with Crippen molar-refractivity contribution in [2.75, 3.05) is 19.8 Å². The van der Waals surface area contributed by atoms with Crippen LogP contribution in [0.3, 0.4) is 0 Å². The molecule has 2 N–H and O–H groups in total. The third kappa shape index (κ3) is 4.57. The molecule has 0 aromatic rings. The van der Waals surface area contributed by atoms with E-state index in [-0.39, 0.29) is 17.8 Å². The number of esters is 2. The first-order valence-corrected chi connectivity index (χ1v) is 8.69. The van der Waals surface area contributed by atoms with Crippen LogP contribution in [-0.4, -0.2) is 54.2 Å². The highest BCUT2D eigenvalue weighted by molar-refractivity contribution is 5.87. The van der Waals surface area contributed by atoms with E-state index >= 15 is 0 Å². The first-order valence-electron chi connectivity index (χ1n) is 8.69. The van der Waals surface area contributed by atoms with Crippen molar-refractivity contribution in [2.45, 2.75) is 53.3 Å². The highest BCUT2D eigenvalue weighted by atomic mass is 16.9. The van der Waals surface area contributed by atoms with Crippen LogP contribution in [0, 0.1) is 10.8 Å². The molecule has 1 heterocycles. The van der Waals surface area contributed by atoms with Crippen molar-refractivity contribution in [1.82, 2.24) is 0 Å². The van der Waals surface area contributed by atoms with Gasteiger partial charge in [0.2, 0.25) is 6.29 Å². The Bertz CT molecular complexity index is 605. The second-order valence-corrected chi connectivity index (χ2v) is 7.57. The van der Waals surface area contributed by atoms with E-state index in [1.54, 1.807) is 20.8 Å². The van der Waals surface area contributed by atoms with Gasteiger partial charge in [0.15, 0.2) is 0 Å². The van der Waals surface area contributed by atoms with E-state index in [9.17, 15) is 19.8 Å². The number of aliphatic hydroxyl groups excluding tert-OH is 2. The Kier molecular flexibility index (Phi) is 7.35. The lowest BCUT2D eigenvalue weighted by molar-refractivity contribution is -0.487. The predicted octanol–water partition coefficient (Wildman–Crippen LogP) is 1.66. The maximum atomic E-state index is 12.2. The molecule has 0 aliphatic carbocycles. The van der Waals surface area contributed by atoms with Gasteiger partial charge in [-0.05, 0) is 34.1 Å². The zero-order chi connectivity index (χ0) is 21.0. The quantitative estimate of drug-likeness (QED) is 0.479. The number of hydrogen-bond donors (Lipinski definition) is 2. The number of carbonyl (C=O) groups excluding carboxylic acids is 2. The van der Waals surface area contributed by atoms with E-state index in [0.29, 0.717) is 6.42 Å². The van der Waals surface area contributed by atoms with Crippen molar-refractivity contribution in [3.63, 3.8) is 0 Å². The average Bonchev–Trinajstić information content (AvgIpc) is 2.61. The Morgan fingerprint density at radius 3 is 2.15 bits per heavy atom. The molecule has 1 rings (SSSR count). The Morgan fingerprint density at radius 2 is 1.74 bits per heavy atom. The van der Waals surface area contributed by atoms with Crippen molar-refractivity contribution in [3.05, 3.63) is 24.3 Å². The molecule has 3 atom stereocenters. The fourth-order valence-corrected chi connectivity index (χ4v) is 2.31. The Hall–Kier alpha value is -1.74. The fraction of sp³-hybridized carbons (Fsp3) is 0.684. The molecule has 0 radical (unpaired) electrons. The predicted molar refractivity (Wildman–Crippen MR) is 96.0 cm³/mol. The topological polar surface area (TPSA) is 112 Å². The molecule has 0 aromatic heterocycles. The molecule has 1 aliphatic rings. The van der Waals surface area contributed by atoms with Crippen molar-refractivity contribution in [2.24, 2.45) is 10.8 Å². The van der Waals surface area contributed by atoms with Gasteiger partial charge in [0.05, 0.1) is 30.7 Å². The summed E-state index contributed by atoms with van der Waals surface area (Å²) in [7, 11) is 0. The molecule has 8 nitrogen and oxygen atoms in total. The molecule has 8 heteroatoms. The minimum absolute atomic E-state index is 0.0975. The smallest absolute Gasteiger partial charge is 0.340 e. The molecule has 1 aliphatic heterocycles.